The van der Waals surface area contributed by atoms with E-state index < -0.39 is 18.0 Å². The van der Waals surface area contributed by atoms with Crippen LogP contribution in [0.5, 0.6) is 11.5 Å². The number of primary amides is 1. The van der Waals surface area contributed by atoms with Crippen LogP contribution in [0.2, 0.25) is 0 Å². The maximum absolute atomic E-state index is 13.2. The van der Waals surface area contributed by atoms with Crippen molar-refractivity contribution in [1.29, 1.82) is 0 Å². The molecule has 2 amide bonds. The lowest BCUT2D eigenvalue weighted by atomic mass is 10.2. The molecule has 1 aromatic carbocycles. The molecule has 8 nitrogen and oxygen atoms in total. The molecule has 146 valence electrons. The third-order valence-electron chi connectivity index (χ3n) is 4.85. The summed E-state index contributed by atoms with van der Waals surface area (Å²) in [4.78, 5) is 29.4. The number of benzene rings is 1. The lowest BCUT2D eigenvalue weighted by Crippen LogP contribution is -2.16. The van der Waals surface area contributed by atoms with Gasteiger partial charge in [-0.15, -0.1) is 0 Å². The summed E-state index contributed by atoms with van der Waals surface area (Å²) in [6, 6.07) is 5.07. The molecule has 4 N–H and O–H groups in total. The average Bonchev–Trinajstić information content (AvgIpc) is 3.27. The number of aryl methyl sites for hydroxylation is 1. The Morgan fingerprint density at radius 3 is 2.79 bits per heavy atom. The van der Waals surface area contributed by atoms with Crippen LogP contribution in [-0.4, -0.2) is 36.7 Å². The van der Waals surface area contributed by atoms with Crippen LogP contribution in [0.3, 0.4) is 0 Å². The molecule has 2 aromatic rings. The number of nitrogens with zero attached hydrogens (tertiary/aromatic N) is 2. The molecule has 0 spiro atoms. The second kappa shape index (κ2) is 6.66. The maximum atomic E-state index is 13.2. The van der Waals surface area contributed by atoms with Crippen LogP contribution in [0.1, 0.15) is 22.5 Å². The maximum Gasteiger partial charge on any atom is 0.267 e. The first kappa shape index (κ1) is 18.0. The molecular weight excluding hydrogens is 365 g/mol. The molecule has 0 unspecified atom stereocenters. The summed E-state index contributed by atoms with van der Waals surface area (Å²) in [7, 11) is 1.90. The smallest absolute Gasteiger partial charge is 0.267 e. The molecule has 0 saturated heterocycles. The molecule has 1 fully saturated rings. The van der Waals surface area contributed by atoms with Gasteiger partial charge in [-0.1, -0.05) is 0 Å². The van der Waals surface area contributed by atoms with Gasteiger partial charge in [-0.05, 0) is 25.0 Å². The van der Waals surface area contributed by atoms with Crippen molar-refractivity contribution < 1.29 is 18.7 Å². The first-order chi connectivity index (χ1) is 13.3. The normalized spacial score (nSPS) is 19.6. The number of pyridine rings is 1. The lowest BCUT2D eigenvalue weighted by Gasteiger charge is -2.16. The molecular formula is C19H20FN5O3. The molecule has 1 aliphatic heterocycles. The summed E-state index contributed by atoms with van der Waals surface area (Å²) in [5.74, 6) is -0.606. The lowest BCUT2D eigenvalue weighted by molar-refractivity contribution is -0.117. The van der Waals surface area contributed by atoms with Crippen molar-refractivity contribution in [2.24, 2.45) is 11.7 Å². The Kier molecular flexibility index (Phi) is 4.29. The summed E-state index contributed by atoms with van der Waals surface area (Å²) in [6.07, 6.45) is 0.621. The van der Waals surface area contributed by atoms with E-state index in [0.717, 1.165) is 11.4 Å². The number of carbonyl (C=O) groups is 2. The fraction of sp³-hybridized carbons (Fsp3) is 0.316. The molecule has 2 aliphatic rings. The minimum Gasteiger partial charge on any atom is -0.455 e. The highest BCUT2D eigenvalue weighted by Gasteiger charge is 2.44. The number of ether oxygens (including phenoxy) is 1. The van der Waals surface area contributed by atoms with Crippen LogP contribution in [0.15, 0.2) is 24.4 Å². The number of carbonyl (C=O) groups excluding carboxylic acids is 2. The van der Waals surface area contributed by atoms with Crippen molar-refractivity contribution in [1.82, 2.24) is 4.98 Å². The van der Waals surface area contributed by atoms with Gasteiger partial charge in [-0.25, -0.2) is 9.37 Å². The molecule has 1 saturated carbocycles. The molecule has 2 heterocycles. The Bertz CT molecular complexity index is 980. The number of nitrogens with one attached hydrogen (secondary N) is 2. The highest BCUT2D eigenvalue weighted by molar-refractivity contribution is 6.01. The zero-order valence-electron chi connectivity index (χ0n) is 15.5. The van der Waals surface area contributed by atoms with E-state index >= 15 is 0 Å². The van der Waals surface area contributed by atoms with Crippen molar-refractivity contribution in [3.8, 4) is 11.5 Å². The number of aromatic nitrogens is 1. The highest BCUT2D eigenvalue weighted by Crippen LogP contribution is 2.43. The van der Waals surface area contributed by atoms with Gasteiger partial charge < -0.3 is 26.0 Å². The number of nitrogens with two attached hydrogens (primary N) is 1. The summed E-state index contributed by atoms with van der Waals surface area (Å²) in [5, 5.41) is 6.01. The van der Waals surface area contributed by atoms with E-state index in [1.165, 1.54) is 6.20 Å². The Labute approximate surface area is 160 Å². The Balaban J connectivity index is 1.64. The number of hydrogen-bond donors (Lipinski definition) is 3. The van der Waals surface area contributed by atoms with E-state index in [1.54, 1.807) is 19.1 Å². The zero-order chi connectivity index (χ0) is 20.0. The third-order valence-corrected chi connectivity index (χ3v) is 4.85. The van der Waals surface area contributed by atoms with Gasteiger partial charge in [0.05, 0.1) is 35.8 Å². The summed E-state index contributed by atoms with van der Waals surface area (Å²) in [5.41, 5.74) is 8.23. The van der Waals surface area contributed by atoms with Crippen LogP contribution >= 0.6 is 0 Å². The predicted octanol–water partition coefficient (Wildman–Crippen LogP) is 2.40. The van der Waals surface area contributed by atoms with E-state index in [1.807, 2.05) is 18.0 Å². The topological polar surface area (TPSA) is 110 Å². The standard InChI is InChI=1S/C19H20FN5O3/c1-9-3-14(18(21)26)22-7-16(9)28-10-4-13(24-19(27)11-6-12(11)20)17-15(5-10)25(2)8-23-17/h3-5,7,11-12,23H,6,8H2,1-2H3,(H2,21,26)(H,24,27)/t11-,12+/m0/s1. The second-order valence-corrected chi connectivity index (χ2v) is 7.05. The third kappa shape index (κ3) is 3.30. The molecule has 1 aromatic heterocycles. The SMILES string of the molecule is Cc1cc(C(N)=O)ncc1Oc1cc(NC(=O)[C@H]2C[C@H]2F)c2c(c1)N(C)CN2. The number of amides is 2. The van der Waals surface area contributed by atoms with Crippen LogP contribution in [0, 0.1) is 12.8 Å². The quantitative estimate of drug-likeness (QED) is 0.729. The van der Waals surface area contributed by atoms with Crippen molar-refractivity contribution in [2.75, 3.05) is 29.2 Å². The highest BCUT2D eigenvalue weighted by atomic mass is 19.1. The number of alkyl halides is 1. The minimum absolute atomic E-state index is 0.154. The van der Waals surface area contributed by atoms with Gasteiger partial charge in [0.2, 0.25) is 5.91 Å². The second-order valence-electron chi connectivity index (χ2n) is 7.05. The van der Waals surface area contributed by atoms with E-state index in [4.69, 9.17) is 10.5 Å². The van der Waals surface area contributed by atoms with Crippen LogP contribution in [0.25, 0.3) is 0 Å². The fourth-order valence-electron chi connectivity index (χ4n) is 3.10. The van der Waals surface area contributed by atoms with Crippen molar-refractivity contribution >= 4 is 28.9 Å². The molecule has 9 heteroatoms. The largest absolute Gasteiger partial charge is 0.455 e. The molecule has 28 heavy (non-hydrogen) atoms. The summed E-state index contributed by atoms with van der Waals surface area (Å²) >= 11 is 0. The number of anilines is 3. The van der Waals surface area contributed by atoms with Gasteiger partial charge in [0.25, 0.3) is 5.91 Å². The number of hydrogen-bond acceptors (Lipinski definition) is 6. The zero-order valence-corrected chi connectivity index (χ0v) is 15.5. The average molecular weight is 385 g/mol. The van der Waals surface area contributed by atoms with E-state index in [-0.39, 0.29) is 18.0 Å². The Hall–Kier alpha value is -3.36. The Morgan fingerprint density at radius 1 is 1.39 bits per heavy atom. The van der Waals surface area contributed by atoms with Gasteiger partial charge in [0.1, 0.15) is 23.4 Å². The van der Waals surface area contributed by atoms with Crippen LogP contribution in [0.4, 0.5) is 21.5 Å². The fourth-order valence-corrected chi connectivity index (χ4v) is 3.10. The van der Waals surface area contributed by atoms with Gasteiger partial charge in [-0.2, -0.15) is 0 Å². The molecule has 2 atom stereocenters. The molecule has 0 bridgehead atoms. The van der Waals surface area contributed by atoms with Crippen LogP contribution < -0.4 is 26.0 Å². The number of fused-ring (bicyclic) bond motifs is 1. The first-order valence-electron chi connectivity index (χ1n) is 8.86. The molecule has 0 radical (unpaired) electrons. The molecule has 1 aliphatic carbocycles. The van der Waals surface area contributed by atoms with Crippen molar-refractivity contribution in [2.45, 2.75) is 19.5 Å². The first-order valence-corrected chi connectivity index (χ1v) is 8.86. The summed E-state index contributed by atoms with van der Waals surface area (Å²) < 4.78 is 19.2. The van der Waals surface area contributed by atoms with E-state index in [2.05, 4.69) is 15.6 Å². The monoisotopic (exact) mass is 385 g/mol. The Morgan fingerprint density at radius 2 is 2.14 bits per heavy atom. The van der Waals surface area contributed by atoms with Gasteiger partial charge >= 0.3 is 0 Å². The van der Waals surface area contributed by atoms with Crippen molar-refractivity contribution in [3.63, 3.8) is 0 Å². The van der Waals surface area contributed by atoms with E-state index in [9.17, 15) is 14.0 Å². The van der Waals surface area contributed by atoms with Gasteiger partial charge in [0.15, 0.2) is 0 Å². The predicted molar refractivity (Wildman–Crippen MR) is 103 cm³/mol. The summed E-state index contributed by atoms with van der Waals surface area (Å²) in [6.45, 7) is 2.35. The van der Waals surface area contributed by atoms with E-state index in [0.29, 0.717) is 29.4 Å². The number of rotatable bonds is 5. The van der Waals surface area contributed by atoms with Gasteiger partial charge in [-0.3, -0.25) is 9.59 Å². The van der Waals surface area contributed by atoms with Gasteiger partial charge in [0, 0.05) is 19.2 Å². The minimum atomic E-state index is -1.07. The van der Waals surface area contributed by atoms with Crippen LogP contribution in [-0.2, 0) is 4.79 Å². The number of halogens is 1. The van der Waals surface area contributed by atoms with Crippen molar-refractivity contribution in [3.05, 3.63) is 35.7 Å². The molecule has 4 rings (SSSR count).